The summed E-state index contributed by atoms with van der Waals surface area (Å²) in [6.07, 6.45) is 7.15. The fraction of sp³-hybridized carbons (Fsp3) is 0.545. The predicted molar refractivity (Wildman–Crippen MR) is 113 cm³/mol. The Bertz CT molecular complexity index is 729. The van der Waals surface area contributed by atoms with Crippen LogP contribution in [0.5, 0.6) is 0 Å². The Hall–Kier alpha value is -2.38. The number of rotatable bonds is 6. The summed E-state index contributed by atoms with van der Waals surface area (Å²) >= 11 is 0. The summed E-state index contributed by atoms with van der Waals surface area (Å²) in [7, 11) is 1.80. The van der Waals surface area contributed by atoms with Crippen molar-refractivity contribution >= 4 is 17.6 Å². The van der Waals surface area contributed by atoms with E-state index in [-0.39, 0.29) is 0 Å². The number of fused-ring (bicyclic) bond motifs is 2. The van der Waals surface area contributed by atoms with Crippen LogP contribution in [0.15, 0.2) is 18.2 Å². The maximum atomic E-state index is 9.55. The van der Waals surface area contributed by atoms with E-state index in [0.717, 1.165) is 32.7 Å². The molecule has 160 valence electrons. The SMILES string of the molecule is CCc1c2c(cc3c1N(CCOC)CCC3)CCNCC2.O=C(O)/C=C/C(=O)O. The van der Waals surface area contributed by atoms with Gasteiger partial charge in [-0.2, -0.15) is 0 Å². The van der Waals surface area contributed by atoms with E-state index in [1.165, 1.54) is 32.2 Å². The minimum absolute atomic E-state index is 0.558. The molecular formula is C22H32N2O5. The lowest BCUT2D eigenvalue weighted by molar-refractivity contribution is -0.134. The molecule has 1 aromatic rings. The first-order chi connectivity index (χ1) is 14.0. The van der Waals surface area contributed by atoms with Crippen molar-refractivity contribution in [1.29, 1.82) is 0 Å². The van der Waals surface area contributed by atoms with E-state index in [4.69, 9.17) is 14.9 Å². The van der Waals surface area contributed by atoms with Crippen molar-refractivity contribution < 1.29 is 24.5 Å². The molecule has 7 nitrogen and oxygen atoms in total. The number of carboxylic acids is 2. The number of aliphatic carboxylic acids is 2. The average Bonchev–Trinajstić information content (AvgIpc) is 2.94. The van der Waals surface area contributed by atoms with Crippen molar-refractivity contribution in [3.63, 3.8) is 0 Å². The van der Waals surface area contributed by atoms with Crippen LogP contribution in [0.3, 0.4) is 0 Å². The number of hydrogen-bond donors (Lipinski definition) is 3. The standard InChI is InChI=1S/C18H28N2O.C4H4O4/c1-3-16-17-7-9-19-8-6-14(17)13-15-5-4-10-20(18(15)16)11-12-21-2;5-3(6)1-2-4(7)8/h13,19H,3-12H2,1-2H3;1-2H,(H,5,6)(H,7,8)/b;2-1+. The van der Waals surface area contributed by atoms with E-state index in [1.54, 1.807) is 35.1 Å². The summed E-state index contributed by atoms with van der Waals surface area (Å²) < 4.78 is 5.31. The molecule has 0 unspecified atom stereocenters. The predicted octanol–water partition coefficient (Wildman–Crippen LogP) is 2.05. The number of nitrogens with zero attached hydrogens (tertiary/aromatic N) is 1. The zero-order chi connectivity index (χ0) is 21.2. The molecule has 0 aliphatic carbocycles. The van der Waals surface area contributed by atoms with Crippen LogP contribution >= 0.6 is 0 Å². The maximum Gasteiger partial charge on any atom is 0.328 e. The van der Waals surface area contributed by atoms with Gasteiger partial charge in [-0.15, -0.1) is 0 Å². The second-order valence-corrected chi connectivity index (χ2v) is 7.20. The number of carboxylic acid groups (broad SMARTS) is 2. The summed E-state index contributed by atoms with van der Waals surface area (Å²) in [6.45, 7) is 7.59. The smallest absolute Gasteiger partial charge is 0.328 e. The Balaban J connectivity index is 0.000000321. The van der Waals surface area contributed by atoms with Crippen LogP contribution in [0.2, 0.25) is 0 Å². The lowest BCUT2D eigenvalue weighted by atomic mass is 9.87. The highest BCUT2D eigenvalue weighted by Crippen LogP contribution is 2.36. The number of hydrogen-bond acceptors (Lipinski definition) is 5. The quantitative estimate of drug-likeness (QED) is 0.624. The van der Waals surface area contributed by atoms with E-state index in [1.807, 2.05) is 0 Å². The molecule has 7 heteroatoms. The number of nitrogens with one attached hydrogen (secondary N) is 1. The Labute approximate surface area is 172 Å². The summed E-state index contributed by atoms with van der Waals surface area (Å²) in [4.78, 5) is 21.7. The second-order valence-electron chi connectivity index (χ2n) is 7.20. The van der Waals surface area contributed by atoms with Gasteiger partial charge in [-0.25, -0.2) is 9.59 Å². The van der Waals surface area contributed by atoms with E-state index < -0.39 is 11.9 Å². The topological polar surface area (TPSA) is 99.1 Å². The first kappa shape index (κ1) is 22.9. The minimum Gasteiger partial charge on any atom is -0.478 e. The van der Waals surface area contributed by atoms with Gasteiger partial charge in [0.1, 0.15) is 0 Å². The normalized spacial score (nSPS) is 15.7. The van der Waals surface area contributed by atoms with Crippen molar-refractivity contribution in [2.75, 3.05) is 44.8 Å². The van der Waals surface area contributed by atoms with Crippen LogP contribution in [0.25, 0.3) is 0 Å². The van der Waals surface area contributed by atoms with Crippen molar-refractivity contribution in [1.82, 2.24) is 5.32 Å². The monoisotopic (exact) mass is 404 g/mol. The molecule has 2 aliphatic heterocycles. The summed E-state index contributed by atoms with van der Waals surface area (Å²) in [5.41, 5.74) is 7.97. The highest BCUT2D eigenvalue weighted by atomic mass is 16.5. The number of aryl methyl sites for hydroxylation is 1. The summed E-state index contributed by atoms with van der Waals surface area (Å²) in [6, 6.07) is 2.51. The maximum absolute atomic E-state index is 9.55. The Kier molecular flexibility index (Phi) is 9.15. The Morgan fingerprint density at radius 2 is 1.83 bits per heavy atom. The fourth-order valence-electron chi connectivity index (χ4n) is 4.10. The van der Waals surface area contributed by atoms with Crippen molar-refractivity contribution in [3.8, 4) is 0 Å². The minimum atomic E-state index is -1.26. The van der Waals surface area contributed by atoms with Gasteiger partial charge < -0.3 is 25.2 Å². The Morgan fingerprint density at radius 1 is 1.14 bits per heavy atom. The fourth-order valence-corrected chi connectivity index (χ4v) is 4.10. The lowest BCUT2D eigenvalue weighted by Crippen LogP contribution is -2.34. The molecule has 1 aromatic carbocycles. The molecule has 0 fully saturated rings. The molecule has 29 heavy (non-hydrogen) atoms. The van der Waals surface area contributed by atoms with Gasteiger partial charge >= 0.3 is 11.9 Å². The van der Waals surface area contributed by atoms with Crippen LogP contribution in [0, 0.1) is 0 Å². The largest absolute Gasteiger partial charge is 0.478 e. The molecular weight excluding hydrogens is 372 g/mol. The number of carbonyl (C=O) groups is 2. The van der Waals surface area contributed by atoms with Crippen LogP contribution in [-0.4, -0.2) is 62.0 Å². The van der Waals surface area contributed by atoms with Gasteiger partial charge in [0.25, 0.3) is 0 Å². The molecule has 0 aromatic heterocycles. The summed E-state index contributed by atoms with van der Waals surface area (Å²) in [5, 5.41) is 19.2. The molecule has 3 N–H and O–H groups in total. The van der Waals surface area contributed by atoms with Crippen LogP contribution in [0.1, 0.15) is 35.6 Å². The molecule has 0 saturated heterocycles. The number of anilines is 1. The van der Waals surface area contributed by atoms with E-state index >= 15 is 0 Å². The molecule has 2 aliphatic rings. The molecule has 0 saturated carbocycles. The van der Waals surface area contributed by atoms with Gasteiger partial charge in [-0.05, 0) is 67.4 Å². The van der Waals surface area contributed by atoms with Crippen LogP contribution in [-0.2, 0) is 40.0 Å². The molecule has 3 rings (SSSR count). The van der Waals surface area contributed by atoms with E-state index in [0.29, 0.717) is 12.2 Å². The van der Waals surface area contributed by atoms with Gasteiger partial charge in [-0.3, -0.25) is 0 Å². The number of methoxy groups -OCH3 is 1. The summed E-state index contributed by atoms with van der Waals surface area (Å²) in [5.74, 6) is -2.51. The van der Waals surface area contributed by atoms with Gasteiger partial charge in [0.15, 0.2) is 0 Å². The van der Waals surface area contributed by atoms with E-state index in [2.05, 4.69) is 23.2 Å². The van der Waals surface area contributed by atoms with E-state index in [9.17, 15) is 9.59 Å². The number of benzene rings is 1. The highest BCUT2D eigenvalue weighted by Gasteiger charge is 2.24. The first-order valence-electron chi connectivity index (χ1n) is 10.2. The zero-order valence-corrected chi connectivity index (χ0v) is 17.4. The second kappa shape index (κ2) is 11.6. The molecule has 0 atom stereocenters. The van der Waals surface area contributed by atoms with Gasteiger partial charge in [0.05, 0.1) is 6.61 Å². The zero-order valence-electron chi connectivity index (χ0n) is 17.4. The molecule has 2 heterocycles. The lowest BCUT2D eigenvalue weighted by Gasteiger charge is -2.35. The van der Waals surface area contributed by atoms with Crippen LogP contribution in [0.4, 0.5) is 5.69 Å². The third kappa shape index (κ3) is 6.58. The average molecular weight is 405 g/mol. The highest BCUT2D eigenvalue weighted by molar-refractivity contribution is 5.89. The van der Waals surface area contributed by atoms with Crippen molar-refractivity contribution in [2.24, 2.45) is 0 Å². The van der Waals surface area contributed by atoms with Gasteiger partial charge in [-0.1, -0.05) is 13.0 Å². The third-order valence-electron chi connectivity index (χ3n) is 5.29. The van der Waals surface area contributed by atoms with Crippen molar-refractivity contribution in [3.05, 3.63) is 40.5 Å². The molecule has 0 bridgehead atoms. The molecule has 0 radical (unpaired) electrons. The molecule has 0 spiro atoms. The van der Waals surface area contributed by atoms with Gasteiger partial charge in [0.2, 0.25) is 0 Å². The van der Waals surface area contributed by atoms with Gasteiger partial charge in [0, 0.05) is 38.0 Å². The molecule has 0 amide bonds. The third-order valence-corrected chi connectivity index (χ3v) is 5.29. The Morgan fingerprint density at radius 3 is 2.45 bits per heavy atom. The van der Waals surface area contributed by atoms with Crippen molar-refractivity contribution in [2.45, 2.75) is 39.0 Å². The van der Waals surface area contributed by atoms with Crippen LogP contribution < -0.4 is 10.2 Å². The number of ether oxygens (including phenoxy) is 1. The first-order valence-corrected chi connectivity index (χ1v) is 10.2.